The standard InChI is InChI=1S/C15H12BrF3N2O2/c1-6-11-12(13(22)15(6,18)19)10(16)5-21-14(11)23-9-3-7(17)2-8(20)4-9/h2-6,13,22H,20H2,1H3/t6-,13+/m1/s1. The van der Waals surface area contributed by atoms with Crippen molar-refractivity contribution in [1.29, 1.82) is 0 Å². The van der Waals surface area contributed by atoms with Gasteiger partial charge in [0, 0.05) is 39.6 Å². The van der Waals surface area contributed by atoms with E-state index in [0.29, 0.717) is 0 Å². The van der Waals surface area contributed by atoms with E-state index in [1.807, 2.05) is 0 Å². The molecule has 23 heavy (non-hydrogen) atoms. The lowest BCUT2D eigenvalue weighted by Crippen LogP contribution is -2.25. The van der Waals surface area contributed by atoms with Crippen molar-refractivity contribution >= 4 is 21.6 Å². The van der Waals surface area contributed by atoms with Crippen molar-refractivity contribution in [2.45, 2.75) is 24.9 Å². The van der Waals surface area contributed by atoms with E-state index >= 15 is 0 Å². The van der Waals surface area contributed by atoms with Crippen molar-refractivity contribution < 1.29 is 23.0 Å². The minimum Gasteiger partial charge on any atom is -0.439 e. The van der Waals surface area contributed by atoms with Crippen molar-refractivity contribution in [1.82, 2.24) is 4.98 Å². The lowest BCUT2D eigenvalue weighted by Gasteiger charge is -2.18. The molecule has 1 aromatic heterocycles. The van der Waals surface area contributed by atoms with E-state index in [0.717, 1.165) is 12.1 Å². The van der Waals surface area contributed by atoms with Crippen LogP contribution in [-0.4, -0.2) is 16.0 Å². The zero-order chi connectivity index (χ0) is 16.9. The number of nitrogen functional groups attached to an aromatic ring is 1. The molecule has 4 nitrogen and oxygen atoms in total. The number of hydrogen-bond acceptors (Lipinski definition) is 4. The fraction of sp³-hybridized carbons (Fsp3) is 0.267. The van der Waals surface area contributed by atoms with E-state index < -0.39 is 23.8 Å². The number of fused-ring (bicyclic) bond motifs is 1. The second kappa shape index (κ2) is 5.38. The number of hydrogen-bond donors (Lipinski definition) is 2. The second-order valence-electron chi connectivity index (χ2n) is 5.36. The largest absolute Gasteiger partial charge is 0.439 e. The van der Waals surface area contributed by atoms with E-state index in [9.17, 15) is 18.3 Å². The Labute approximate surface area is 138 Å². The minimum absolute atomic E-state index is 0.0249. The number of anilines is 1. The number of pyridine rings is 1. The zero-order valence-electron chi connectivity index (χ0n) is 11.9. The molecular weight excluding hydrogens is 377 g/mol. The van der Waals surface area contributed by atoms with E-state index in [1.54, 1.807) is 0 Å². The molecule has 122 valence electrons. The Morgan fingerprint density at radius 1 is 1.30 bits per heavy atom. The van der Waals surface area contributed by atoms with Gasteiger partial charge in [0.25, 0.3) is 5.92 Å². The number of rotatable bonds is 2. The summed E-state index contributed by atoms with van der Waals surface area (Å²) >= 11 is 3.12. The average Bonchev–Trinajstić information content (AvgIpc) is 2.63. The lowest BCUT2D eigenvalue weighted by molar-refractivity contribution is -0.112. The van der Waals surface area contributed by atoms with Gasteiger partial charge in [-0.1, -0.05) is 6.92 Å². The van der Waals surface area contributed by atoms with Crippen LogP contribution in [0.3, 0.4) is 0 Å². The van der Waals surface area contributed by atoms with E-state index in [1.165, 1.54) is 19.2 Å². The summed E-state index contributed by atoms with van der Waals surface area (Å²) in [6.45, 7) is 1.27. The number of aromatic nitrogens is 1. The molecule has 0 radical (unpaired) electrons. The molecule has 0 bridgehead atoms. The Balaban J connectivity index is 2.10. The van der Waals surface area contributed by atoms with Gasteiger partial charge in [-0.15, -0.1) is 0 Å². The third-order valence-electron chi connectivity index (χ3n) is 3.83. The van der Waals surface area contributed by atoms with Crippen LogP contribution in [0.1, 0.15) is 30.1 Å². The van der Waals surface area contributed by atoms with E-state index in [4.69, 9.17) is 10.5 Å². The average molecular weight is 389 g/mol. The molecule has 2 aromatic rings. The van der Waals surface area contributed by atoms with Crippen LogP contribution >= 0.6 is 15.9 Å². The van der Waals surface area contributed by atoms with Gasteiger partial charge < -0.3 is 15.6 Å². The van der Waals surface area contributed by atoms with Gasteiger partial charge in [0.05, 0.1) is 5.92 Å². The third kappa shape index (κ3) is 2.55. The van der Waals surface area contributed by atoms with Gasteiger partial charge in [0.15, 0.2) is 0 Å². The molecule has 0 saturated heterocycles. The molecule has 3 N–H and O–H groups in total. The number of aliphatic hydroxyl groups is 1. The van der Waals surface area contributed by atoms with Gasteiger partial charge in [-0.2, -0.15) is 0 Å². The lowest BCUT2D eigenvalue weighted by atomic mass is 10.0. The molecule has 2 atom stereocenters. The highest BCUT2D eigenvalue weighted by atomic mass is 79.9. The van der Waals surface area contributed by atoms with E-state index in [-0.39, 0.29) is 32.9 Å². The zero-order valence-corrected chi connectivity index (χ0v) is 13.4. The Kier molecular flexibility index (Phi) is 3.76. The van der Waals surface area contributed by atoms with Gasteiger partial charge in [0.1, 0.15) is 17.7 Å². The number of aliphatic hydroxyl groups excluding tert-OH is 1. The molecule has 0 unspecified atom stereocenters. The smallest absolute Gasteiger partial charge is 0.284 e. The van der Waals surface area contributed by atoms with Gasteiger partial charge in [0.2, 0.25) is 5.88 Å². The fourth-order valence-electron chi connectivity index (χ4n) is 2.65. The Bertz CT molecular complexity index is 765. The van der Waals surface area contributed by atoms with Crippen molar-refractivity contribution in [3.8, 4) is 11.6 Å². The Hall–Kier alpha value is -1.80. The van der Waals surface area contributed by atoms with Gasteiger partial charge in [-0.05, 0) is 22.0 Å². The van der Waals surface area contributed by atoms with Crippen LogP contribution in [0, 0.1) is 5.82 Å². The van der Waals surface area contributed by atoms with Crippen molar-refractivity contribution in [3.63, 3.8) is 0 Å². The maximum absolute atomic E-state index is 14.1. The van der Waals surface area contributed by atoms with Crippen LogP contribution in [0.2, 0.25) is 0 Å². The summed E-state index contributed by atoms with van der Waals surface area (Å²) in [7, 11) is 0. The van der Waals surface area contributed by atoms with Gasteiger partial charge in [-0.25, -0.2) is 18.2 Å². The van der Waals surface area contributed by atoms with Crippen LogP contribution in [0.25, 0.3) is 0 Å². The number of alkyl halides is 2. The molecule has 0 aliphatic heterocycles. The molecule has 1 aliphatic carbocycles. The predicted molar refractivity (Wildman–Crippen MR) is 81.1 cm³/mol. The molecule has 1 aliphatic rings. The molecule has 0 spiro atoms. The molecule has 8 heteroatoms. The van der Waals surface area contributed by atoms with Crippen LogP contribution < -0.4 is 10.5 Å². The SMILES string of the molecule is C[C@@H]1c2c(Oc3cc(N)cc(F)c3)ncc(Br)c2[C@H](O)C1(F)F. The summed E-state index contributed by atoms with van der Waals surface area (Å²) in [6, 6.07) is 3.53. The van der Waals surface area contributed by atoms with Gasteiger partial charge >= 0.3 is 0 Å². The molecule has 0 fully saturated rings. The van der Waals surface area contributed by atoms with Crippen LogP contribution in [0.15, 0.2) is 28.9 Å². The number of halogens is 4. The molecule has 0 saturated carbocycles. The fourth-order valence-corrected chi connectivity index (χ4v) is 3.19. The first-order chi connectivity index (χ1) is 10.7. The quantitative estimate of drug-likeness (QED) is 0.758. The third-order valence-corrected chi connectivity index (χ3v) is 4.46. The first-order valence-corrected chi connectivity index (χ1v) is 7.49. The number of nitrogens with two attached hydrogens (primary N) is 1. The second-order valence-corrected chi connectivity index (χ2v) is 6.21. The molecule has 0 amide bonds. The topological polar surface area (TPSA) is 68.4 Å². The van der Waals surface area contributed by atoms with E-state index in [2.05, 4.69) is 20.9 Å². The molecular formula is C15H12BrF3N2O2. The van der Waals surface area contributed by atoms with Crippen molar-refractivity contribution in [2.75, 3.05) is 5.73 Å². The maximum Gasteiger partial charge on any atom is 0.284 e. The molecule has 1 heterocycles. The van der Waals surface area contributed by atoms with Crippen LogP contribution in [0.4, 0.5) is 18.9 Å². The maximum atomic E-state index is 14.1. The van der Waals surface area contributed by atoms with Crippen molar-refractivity contribution in [3.05, 3.63) is 45.8 Å². The minimum atomic E-state index is -3.35. The number of benzene rings is 1. The predicted octanol–water partition coefficient (Wildman–Crippen LogP) is 4.14. The van der Waals surface area contributed by atoms with Gasteiger partial charge in [-0.3, -0.25) is 0 Å². The molecule has 3 rings (SSSR count). The summed E-state index contributed by atoms with van der Waals surface area (Å²) < 4.78 is 47.3. The summed E-state index contributed by atoms with van der Waals surface area (Å²) in [6.07, 6.45) is -0.710. The summed E-state index contributed by atoms with van der Waals surface area (Å²) in [5, 5.41) is 9.90. The highest BCUT2D eigenvalue weighted by molar-refractivity contribution is 9.10. The van der Waals surface area contributed by atoms with Crippen LogP contribution in [-0.2, 0) is 0 Å². The highest BCUT2D eigenvalue weighted by Gasteiger charge is 2.55. The normalized spacial score (nSPS) is 22.0. The number of ether oxygens (including phenoxy) is 1. The monoisotopic (exact) mass is 388 g/mol. The summed E-state index contributed by atoms with van der Waals surface area (Å²) in [5.74, 6) is -5.36. The molecule has 1 aromatic carbocycles. The summed E-state index contributed by atoms with van der Waals surface area (Å²) in [4.78, 5) is 3.98. The Morgan fingerprint density at radius 3 is 2.65 bits per heavy atom. The van der Waals surface area contributed by atoms with Crippen LogP contribution in [0.5, 0.6) is 11.6 Å². The first-order valence-electron chi connectivity index (χ1n) is 6.70. The summed E-state index contributed by atoms with van der Waals surface area (Å²) in [5.41, 5.74) is 5.77. The first kappa shape index (κ1) is 16.1. The highest BCUT2D eigenvalue weighted by Crippen LogP contribution is 2.56. The Morgan fingerprint density at radius 2 is 2.00 bits per heavy atom. The number of nitrogens with zero attached hydrogens (tertiary/aromatic N) is 1. The van der Waals surface area contributed by atoms with Crippen molar-refractivity contribution in [2.24, 2.45) is 0 Å².